The standard InChI is InChI=1S/C44H62N14O9/c1-25(59)51-24-37(61)53-31-13-7-15-36(60)49-20-17-30(38(46)62)54-43(67)35(22-27-23-52-29-12-6-5-11-28(27)29)58-40(64)32(14-8-19-50-44(47)48)55-42(66)34(21-26-9-3-2-4-10-26)57-41(65)33(16-18-45)56-39(31)63/h2-6,9-12,23,30-35,52H,7-8,13-22,24,45H2,1H3,(H2,46,62)(H,49,60)(H,51,59)(H,53,61)(H,54,67)(H,55,66)(H,56,63)(H,57,65)(H,58,64)(H4,47,48,50)/t30?,31?,32-,33-,34?,35-/m0/s1. The molecule has 2 heterocycles. The Kier molecular flexibility index (Phi) is 20.5. The van der Waals surface area contributed by atoms with Gasteiger partial charge in [0.1, 0.15) is 36.3 Å². The van der Waals surface area contributed by atoms with Crippen LogP contribution in [0, 0.1) is 0 Å². The molecule has 0 spiro atoms. The minimum atomic E-state index is -1.35. The molecule has 0 aliphatic carbocycles. The van der Waals surface area contributed by atoms with Gasteiger partial charge in [-0.1, -0.05) is 48.5 Å². The van der Waals surface area contributed by atoms with Crippen LogP contribution in [0.25, 0.3) is 10.9 Å². The molecule has 3 aromatic rings. The molecule has 23 nitrogen and oxygen atoms in total. The number of para-hydroxylation sites is 1. The summed E-state index contributed by atoms with van der Waals surface area (Å²) in [4.78, 5) is 128. The number of aliphatic imine (C=N–C) groups is 1. The fourth-order valence-corrected chi connectivity index (χ4v) is 7.27. The van der Waals surface area contributed by atoms with Crippen molar-refractivity contribution in [2.24, 2.45) is 27.9 Å². The number of fused-ring (bicyclic) bond motifs is 1. The summed E-state index contributed by atoms with van der Waals surface area (Å²) in [7, 11) is 0. The van der Waals surface area contributed by atoms with Gasteiger partial charge in [-0.15, -0.1) is 0 Å². The Labute approximate surface area is 386 Å². The number of carbonyl (C=O) groups is 9. The number of hydrogen-bond donors (Lipinski definition) is 13. The minimum Gasteiger partial charge on any atom is -0.370 e. The van der Waals surface area contributed by atoms with Gasteiger partial charge in [0.25, 0.3) is 0 Å². The lowest BCUT2D eigenvalue weighted by Crippen LogP contribution is -2.60. The number of nitrogens with two attached hydrogens (primary N) is 4. The first-order valence-electron chi connectivity index (χ1n) is 22.0. The molecule has 4 rings (SSSR count). The van der Waals surface area contributed by atoms with Crippen molar-refractivity contribution in [3.63, 3.8) is 0 Å². The summed E-state index contributed by atoms with van der Waals surface area (Å²) in [6.45, 7) is 0.607. The molecule has 1 fully saturated rings. The maximum Gasteiger partial charge on any atom is 0.243 e. The average molecular weight is 931 g/mol. The van der Waals surface area contributed by atoms with E-state index in [1.54, 1.807) is 42.6 Å². The third-order valence-corrected chi connectivity index (χ3v) is 10.8. The number of aromatic amines is 1. The number of benzene rings is 2. The highest BCUT2D eigenvalue weighted by atomic mass is 16.2. The Morgan fingerprint density at radius 3 is 2.01 bits per heavy atom. The van der Waals surface area contributed by atoms with Gasteiger partial charge in [0, 0.05) is 56.4 Å². The van der Waals surface area contributed by atoms with Gasteiger partial charge in [0.2, 0.25) is 53.2 Å². The van der Waals surface area contributed by atoms with Crippen LogP contribution in [0.3, 0.4) is 0 Å². The second kappa shape index (κ2) is 26.4. The summed E-state index contributed by atoms with van der Waals surface area (Å²) in [6.07, 6.45) is 1.23. The van der Waals surface area contributed by atoms with Crippen LogP contribution in [0.4, 0.5) is 0 Å². The van der Waals surface area contributed by atoms with E-state index in [4.69, 9.17) is 22.9 Å². The van der Waals surface area contributed by atoms with E-state index < -0.39 is 96.0 Å². The van der Waals surface area contributed by atoms with E-state index in [1.165, 1.54) is 6.92 Å². The second-order valence-electron chi connectivity index (χ2n) is 16.0. The molecule has 0 saturated carbocycles. The molecule has 6 atom stereocenters. The van der Waals surface area contributed by atoms with Crippen molar-refractivity contribution < 1.29 is 43.2 Å². The maximum absolute atomic E-state index is 14.4. The van der Waals surface area contributed by atoms with Gasteiger partial charge in [-0.2, -0.15) is 0 Å². The van der Waals surface area contributed by atoms with E-state index in [-0.39, 0.29) is 83.4 Å². The predicted octanol–water partition coefficient (Wildman–Crippen LogP) is -3.42. The molecule has 1 aliphatic heterocycles. The molecule has 67 heavy (non-hydrogen) atoms. The van der Waals surface area contributed by atoms with Crippen molar-refractivity contribution in [1.29, 1.82) is 0 Å². The zero-order valence-corrected chi connectivity index (χ0v) is 37.4. The summed E-state index contributed by atoms with van der Waals surface area (Å²) >= 11 is 0. The number of primary amides is 1. The van der Waals surface area contributed by atoms with Gasteiger partial charge in [-0.3, -0.25) is 48.1 Å². The molecule has 1 aliphatic rings. The quantitative estimate of drug-likeness (QED) is 0.0427. The lowest BCUT2D eigenvalue weighted by molar-refractivity contribution is -0.135. The fourth-order valence-electron chi connectivity index (χ4n) is 7.27. The molecular weight excluding hydrogens is 869 g/mol. The summed E-state index contributed by atoms with van der Waals surface area (Å²) < 4.78 is 0. The van der Waals surface area contributed by atoms with E-state index in [9.17, 15) is 43.2 Å². The molecular formula is C44H62N14O9. The number of rotatable bonds is 14. The zero-order chi connectivity index (χ0) is 48.9. The van der Waals surface area contributed by atoms with Crippen LogP contribution in [0.5, 0.6) is 0 Å². The van der Waals surface area contributed by atoms with Gasteiger partial charge in [0.15, 0.2) is 5.96 Å². The van der Waals surface area contributed by atoms with Gasteiger partial charge in [0.05, 0.1) is 6.54 Å². The third kappa shape index (κ3) is 17.4. The van der Waals surface area contributed by atoms with Crippen molar-refractivity contribution in [3.8, 4) is 0 Å². The Balaban J connectivity index is 1.75. The highest BCUT2D eigenvalue weighted by Gasteiger charge is 2.34. The largest absolute Gasteiger partial charge is 0.370 e. The second-order valence-corrected chi connectivity index (χ2v) is 16.0. The normalized spacial score (nSPS) is 21.8. The van der Waals surface area contributed by atoms with Gasteiger partial charge in [-0.05, 0) is 62.3 Å². The summed E-state index contributed by atoms with van der Waals surface area (Å²) in [6, 6.07) is 8.01. The van der Waals surface area contributed by atoms with Crippen LogP contribution in [0.2, 0.25) is 0 Å². The number of carbonyl (C=O) groups excluding carboxylic acids is 9. The average Bonchev–Trinajstić information content (AvgIpc) is 3.70. The Bertz CT molecular complexity index is 2250. The molecule has 1 saturated heterocycles. The van der Waals surface area contributed by atoms with Crippen molar-refractivity contribution in [2.75, 3.05) is 26.2 Å². The van der Waals surface area contributed by atoms with Crippen LogP contribution < -0.4 is 65.5 Å². The number of nitrogens with zero attached hydrogens (tertiary/aromatic N) is 1. The lowest BCUT2D eigenvalue weighted by atomic mass is 10.0. The van der Waals surface area contributed by atoms with E-state index in [1.807, 2.05) is 18.2 Å². The van der Waals surface area contributed by atoms with E-state index >= 15 is 0 Å². The third-order valence-electron chi connectivity index (χ3n) is 10.8. The smallest absolute Gasteiger partial charge is 0.243 e. The SMILES string of the molecule is CC(=O)NCC(=O)NC1CCCC(=O)NCCC(C(N)=O)NC(=O)[C@H](Cc2c[nH]c3ccccc23)NC(=O)[C@H](CCCN=C(N)N)NC(=O)C(Cc2ccccc2)NC(=O)[C@H](CCN)NC1=O. The summed E-state index contributed by atoms with van der Waals surface area (Å²) in [5.41, 5.74) is 24.7. The Morgan fingerprint density at radius 1 is 0.731 bits per heavy atom. The predicted molar refractivity (Wildman–Crippen MR) is 247 cm³/mol. The monoisotopic (exact) mass is 930 g/mol. The zero-order valence-electron chi connectivity index (χ0n) is 37.4. The molecule has 17 N–H and O–H groups in total. The van der Waals surface area contributed by atoms with E-state index in [0.717, 1.165) is 10.9 Å². The van der Waals surface area contributed by atoms with Crippen molar-refractivity contribution >= 4 is 70.0 Å². The maximum atomic E-state index is 14.4. The first-order chi connectivity index (χ1) is 32.0. The molecule has 1 aromatic heterocycles. The van der Waals surface area contributed by atoms with Crippen molar-refractivity contribution in [1.82, 2.24) is 47.5 Å². The van der Waals surface area contributed by atoms with Gasteiger partial charge >= 0.3 is 0 Å². The first kappa shape index (κ1) is 52.1. The molecule has 3 unspecified atom stereocenters. The number of hydrogen-bond acceptors (Lipinski definition) is 11. The van der Waals surface area contributed by atoms with Gasteiger partial charge < -0.3 is 70.5 Å². The van der Waals surface area contributed by atoms with Crippen LogP contribution in [-0.4, -0.2) is 127 Å². The number of nitrogens with one attached hydrogen (secondary N) is 9. The molecule has 9 amide bonds. The summed E-state index contributed by atoms with van der Waals surface area (Å²) in [5.74, 6) is -6.85. The molecule has 23 heteroatoms. The van der Waals surface area contributed by atoms with Crippen molar-refractivity contribution in [2.45, 2.75) is 101 Å². The number of H-pyrrole nitrogens is 1. The minimum absolute atomic E-state index is 0.0493. The van der Waals surface area contributed by atoms with E-state index in [2.05, 4.69) is 52.5 Å². The van der Waals surface area contributed by atoms with Crippen LogP contribution in [0.1, 0.15) is 63.0 Å². The molecule has 0 radical (unpaired) electrons. The summed E-state index contributed by atoms with van der Waals surface area (Å²) in [5, 5.41) is 21.7. The van der Waals surface area contributed by atoms with Crippen molar-refractivity contribution in [3.05, 3.63) is 71.9 Å². The number of amides is 9. The Hall–Kier alpha value is -7.56. The topological polar surface area (TPSA) is 382 Å². The van der Waals surface area contributed by atoms with Gasteiger partial charge in [-0.25, -0.2) is 0 Å². The molecule has 362 valence electrons. The lowest BCUT2D eigenvalue weighted by Gasteiger charge is -2.27. The highest BCUT2D eigenvalue weighted by Crippen LogP contribution is 2.20. The van der Waals surface area contributed by atoms with E-state index in [0.29, 0.717) is 11.1 Å². The van der Waals surface area contributed by atoms with Crippen LogP contribution in [0.15, 0.2) is 65.8 Å². The van der Waals surface area contributed by atoms with Crippen LogP contribution in [-0.2, 0) is 56.0 Å². The highest BCUT2D eigenvalue weighted by molar-refractivity contribution is 5.98. The molecule has 0 bridgehead atoms. The number of guanidine groups is 1. The molecule has 2 aromatic carbocycles. The first-order valence-corrected chi connectivity index (χ1v) is 22.0. The number of aromatic nitrogens is 1. The Morgan fingerprint density at radius 2 is 1.34 bits per heavy atom. The fraction of sp³-hybridized carbons (Fsp3) is 0.455. The van der Waals surface area contributed by atoms with Crippen LogP contribution >= 0.6 is 0 Å².